The highest BCUT2D eigenvalue weighted by Crippen LogP contribution is 1.93. The van der Waals surface area contributed by atoms with Crippen molar-refractivity contribution >= 4 is 11.9 Å². The first-order valence-corrected chi connectivity index (χ1v) is 4.49. The van der Waals surface area contributed by atoms with E-state index in [2.05, 4.69) is 5.32 Å². The van der Waals surface area contributed by atoms with Crippen LogP contribution in [0.5, 0.6) is 0 Å². The van der Waals surface area contributed by atoms with Crippen molar-refractivity contribution in [3.63, 3.8) is 0 Å². The third-order valence-corrected chi connectivity index (χ3v) is 1.60. The van der Waals surface area contributed by atoms with Crippen molar-refractivity contribution in [3.05, 3.63) is 24.3 Å². The number of nitrogens with one attached hydrogen (secondary N) is 1. The molecule has 0 saturated carbocycles. The second-order valence-corrected chi connectivity index (χ2v) is 2.95. The topological polar surface area (TPSA) is 86.6 Å². The highest BCUT2D eigenvalue weighted by molar-refractivity contribution is 5.91. The normalized spacial score (nSPS) is 15.4. The number of hydrogen-bond donors (Lipinski definition) is 3. The summed E-state index contributed by atoms with van der Waals surface area (Å²) in [6.07, 6.45) is 4.90. The molecule has 84 valence electrons. The van der Waals surface area contributed by atoms with E-state index in [-0.39, 0.29) is 0 Å². The molecule has 0 aliphatic rings. The molecule has 0 aliphatic carbocycles. The van der Waals surface area contributed by atoms with E-state index in [1.54, 1.807) is 19.1 Å². The first kappa shape index (κ1) is 13.4. The zero-order valence-electron chi connectivity index (χ0n) is 8.68. The molecular weight excluding hydrogens is 198 g/mol. The van der Waals surface area contributed by atoms with Gasteiger partial charge in [-0.25, -0.2) is 4.79 Å². The number of carbonyl (C=O) groups is 2. The molecule has 0 aromatic rings. The molecule has 0 unspecified atom stereocenters. The van der Waals surface area contributed by atoms with Crippen molar-refractivity contribution in [1.82, 2.24) is 5.32 Å². The Labute approximate surface area is 88.1 Å². The van der Waals surface area contributed by atoms with E-state index in [1.807, 2.05) is 0 Å². The van der Waals surface area contributed by atoms with Crippen molar-refractivity contribution in [2.24, 2.45) is 0 Å². The van der Waals surface area contributed by atoms with E-state index >= 15 is 0 Å². The van der Waals surface area contributed by atoms with Gasteiger partial charge in [0.25, 0.3) is 0 Å². The largest absolute Gasteiger partial charge is 0.480 e. The van der Waals surface area contributed by atoms with E-state index in [9.17, 15) is 9.59 Å². The number of allylic oxidation sites excluding steroid dienone is 3. The second kappa shape index (κ2) is 6.78. The molecule has 0 aromatic carbocycles. The Morgan fingerprint density at radius 2 is 1.93 bits per heavy atom. The fourth-order valence-electron chi connectivity index (χ4n) is 0.844. The van der Waals surface area contributed by atoms with Crippen molar-refractivity contribution in [1.29, 1.82) is 0 Å². The second-order valence-electron chi connectivity index (χ2n) is 2.95. The Balaban J connectivity index is 4.30. The number of rotatable bonds is 5. The van der Waals surface area contributed by atoms with E-state index in [1.165, 1.54) is 19.1 Å². The number of carbonyl (C=O) groups excluding carboxylic acids is 1. The van der Waals surface area contributed by atoms with Crippen molar-refractivity contribution in [3.8, 4) is 0 Å². The molecule has 3 N–H and O–H groups in total. The van der Waals surface area contributed by atoms with Crippen LogP contribution in [0.25, 0.3) is 0 Å². The number of aliphatic hydroxyl groups is 1. The summed E-state index contributed by atoms with van der Waals surface area (Å²) in [7, 11) is 0. The van der Waals surface area contributed by atoms with Crippen LogP contribution >= 0.6 is 0 Å². The van der Waals surface area contributed by atoms with Crippen LogP contribution in [0.4, 0.5) is 0 Å². The monoisotopic (exact) mass is 213 g/mol. The van der Waals surface area contributed by atoms with Gasteiger partial charge in [0.05, 0.1) is 6.10 Å². The van der Waals surface area contributed by atoms with Gasteiger partial charge in [-0.1, -0.05) is 18.2 Å². The molecule has 0 spiro atoms. The van der Waals surface area contributed by atoms with Crippen LogP contribution in [0.15, 0.2) is 24.3 Å². The third kappa shape index (κ3) is 5.64. The van der Waals surface area contributed by atoms with Crippen LogP contribution in [0, 0.1) is 0 Å². The van der Waals surface area contributed by atoms with E-state index in [0.29, 0.717) is 0 Å². The molecule has 5 nitrogen and oxygen atoms in total. The molecule has 2 atom stereocenters. The Morgan fingerprint density at radius 3 is 2.33 bits per heavy atom. The molecule has 0 fully saturated rings. The summed E-state index contributed by atoms with van der Waals surface area (Å²) in [5.74, 6) is -1.82. The number of carboxylic acid groups (broad SMARTS) is 1. The Bertz CT molecular complexity index is 281. The van der Waals surface area contributed by atoms with Crippen LogP contribution in [-0.4, -0.2) is 34.2 Å². The van der Waals surface area contributed by atoms with Crippen LogP contribution in [0.2, 0.25) is 0 Å². The first-order chi connectivity index (χ1) is 6.99. The quantitative estimate of drug-likeness (QED) is 0.445. The average molecular weight is 213 g/mol. The average Bonchev–Trinajstić information content (AvgIpc) is 2.13. The highest BCUT2D eigenvalue weighted by atomic mass is 16.4. The lowest BCUT2D eigenvalue weighted by Gasteiger charge is -2.15. The van der Waals surface area contributed by atoms with Crippen LogP contribution < -0.4 is 5.32 Å². The van der Waals surface area contributed by atoms with Gasteiger partial charge in [-0.3, -0.25) is 4.79 Å². The molecular formula is C10H15NO4. The van der Waals surface area contributed by atoms with Crippen molar-refractivity contribution in [2.75, 3.05) is 0 Å². The summed E-state index contributed by atoms with van der Waals surface area (Å²) >= 11 is 0. The number of carboxylic acids is 1. The Morgan fingerprint density at radius 1 is 1.33 bits per heavy atom. The van der Waals surface area contributed by atoms with Gasteiger partial charge in [0.15, 0.2) is 6.04 Å². The summed E-state index contributed by atoms with van der Waals surface area (Å²) in [5, 5.41) is 19.9. The molecule has 0 bridgehead atoms. The summed E-state index contributed by atoms with van der Waals surface area (Å²) in [5.41, 5.74) is 0. The van der Waals surface area contributed by atoms with E-state index in [0.717, 1.165) is 0 Å². The smallest absolute Gasteiger partial charge is 0.328 e. The fraction of sp³-hybridized carbons (Fsp3) is 0.400. The molecule has 0 radical (unpaired) electrons. The van der Waals surface area contributed by atoms with Gasteiger partial charge in [0.1, 0.15) is 0 Å². The van der Waals surface area contributed by atoms with Crippen LogP contribution in [-0.2, 0) is 9.59 Å². The maximum atomic E-state index is 11.1. The zero-order chi connectivity index (χ0) is 11.8. The van der Waals surface area contributed by atoms with Crippen LogP contribution in [0.1, 0.15) is 13.8 Å². The molecule has 0 aliphatic heterocycles. The summed E-state index contributed by atoms with van der Waals surface area (Å²) in [6, 6.07) is -1.28. The lowest BCUT2D eigenvalue weighted by molar-refractivity contribution is -0.144. The lowest BCUT2D eigenvalue weighted by Crippen LogP contribution is -2.47. The maximum Gasteiger partial charge on any atom is 0.328 e. The molecule has 0 rings (SSSR count). The first-order valence-electron chi connectivity index (χ1n) is 4.49. The van der Waals surface area contributed by atoms with Gasteiger partial charge >= 0.3 is 5.97 Å². The Kier molecular flexibility index (Phi) is 6.05. The van der Waals surface area contributed by atoms with E-state index in [4.69, 9.17) is 10.2 Å². The summed E-state index contributed by atoms with van der Waals surface area (Å²) in [4.78, 5) is 21.7. The van der Waals surface area contributed by atoms with Crippen molar-refractivity contribution in [2.45, 2.75) is 26.0 Å². The number of aliphatic carboxylic acids is 1. The Hall–Kier alpha value is -1.62. The van der Waals surface area contributed by atoms with Gasteiger partial charge in [-0.15, -0.1) is 0 Å². The molecule has 0 saturated heterocycles. The fourth-order valence-corrected chi connectivity index (χ4v) is 0.844. The third-order valence-electron chi connectivity index (χ3n) is 1.60. The number of aliphatic hydroxyl groups excluding tert-OH is 1. The molecule has 1 amide bonds. The van der Waals surface area contributed by atoms with Gasteiger partial charge in [-0.05, 0) is 13.8 Å². The molecule has 0 heterocycles. The van der Waals surface area contributed by atoms with Gasteiger partial charge in [-0.2, -0.15) is 0 Å². The predicted octanol–water partition coefficient (Wildman–Crippen LogP) is 0.0689. The minimum absolute atomic E-state index is 0.554. The van der Waals surface area contributed by atoms with Crippen LogP contribution in [0.3, 0.4) is 0 Å². The predicted molar refractivity (Wildman–Crippen MR) is 55.2 cm³/mol. The molecule has 0 aromatic heterocycles. The van der Waals surface area contributed by atoms with Crippen molar-refractivity contribution < 1.29 is 19.8 Å². The van der Waals surface area contributed by atoms with Gasteiger partial charge in [0.2, 0.25) is 5.91 Å². The standard InChI is InChI=1S/C10H15NO4/c1-3-4-5-6-8(13)11-9(7(2)12)10(14)15/h3-7,9,12H,1-2H3,(H,11,13)(H,14,15)/t7-,9+/m1/s1. The molecule has 5 heteroatoms. The number of amides is 1. The highest BCUT2D eigenvalue weighted by Gasteiger charge is 2.23. The van der Waals surface area contributed by atoms with Gasteiger partial charge in [0, 0.05) is 6.08 Å². The SMILES string of the molecule is CC=CC=CC(=O)N[C@H](C(=O)O)[C@@H](C)O. The van der Waals surface area contributed by atoms with E-state index < -0.39 is 24.0 Å². The summed E-state index contributed by atoms with van der Waals surface area (Å²) in [6.45, 7) is 3.09. The van der Waals surface area contributed by atoms with Gasteiger partial charge < -0.3 is 15.5 Å². The maximum absolute atomic E-state index is 11.1. The summed E-state index contributed by atoms with van der Waals surface area (Å²) < 4.78 is 0. The minimum atomic E-state index is -1.28. The zero-order valence-corrected chi connectivity index (χ0v) is 8.68. The minimum Gasteiger partial charge on any atom is -0.480 e. The number of hydrogen-bond acceptors (Lipinski definition) is 3. The molecule has 15 heavy (non-hydrogen) atoms. The lowest BCUT2D eigenvalue weighted by atomic mass is 10.2.